The van der Waals surface area contributed by atoms with E-state index in [0.717, 1.165) is 22.4 Å². The first-order valence-electron chi connectivity index (χ1n) is 6.89. The van der Waals surface area contributed by atoms with Crippen molar-refractivity contribution in [3.63, 3.8) is 0 Å². The Hall–Kier alpha value is -2.05. The van der Waals surface area contributed by atoms with Crippen molar-refractivity contribution in [2.75, 3.05) is 17.3 Å². The molecule has 0 aliphatic rings. The van der Waals surface area contributed by atoms with Crippen molar-refractivity contribution in [1.82, 2.24) is 8.75 Å². The van der Waals surface area contributed by atoms with E-state index in [1.165, 1.54) is 22.9 Å². The van der Waals surface area contributed by atoms with Crippen LogP contribution in [0.3, 0.4) is 0 Å². The Morgan fingerprint density at radius 3 is 2.59 bits per heavy atom. The van der Waals surface area contributed by atoms with Crippen molar-refractivity contribution >= 4 is 51.5 Å². The zero-order valence-corrected chi connectivity index (χ0v) is 14.3. The highest BCUT2D eigenvalue weighted by atomic mass is 32.1. The molecule has 0 radical (unpaired) electrons. The summed E-state index contributed by atoms with van der Waals surface area (Å²) in [6.07, 6.45) is 0. The van der Waals surface area contributed by atoms with Crippen LogP contribution in [0.1, 0.15) is 11.1 Å². The fraction of sp³-hybridized carbons (Fsp3) is 0.188. The largest absolute Gasteiger partial charge is 0.332 e. The number of rotatable bonds is 2. The molecule has 112 valence electrons. The number of aromatic nitrogens is 2. The van der Waals surface area contributed by atoms with Crippen LogP contribution < -0.4 is 10.2 Å². The lowest BCUT2D eigenvalue weighted by Gasteiger charge is -2.22. The van der Waals surface area contributed by atoms with E-state index < -0.39 is 0 Å². The average molecular weight is 328 g/mol. The molecule has 1 aromatic heterocycles. The van der Waals surface area contributed by atoms with Gasteiger partial charge in [-0.1, -0.05) is 6.07 Å². The highest BCUT2D eigenvalue weighted by molar-refractivity contribution is 7.80. The van der Waals surface area contributed by atoms with E-state index in [1.807, 2.05) is 30.1 Å². The van der Waals surface area contributed by atoms with Gasteiger partial charge in [0.05, 0.1) is 11.7 Å². The molecular formula is C16H16N4S2. The number of hydrogen-bond donors (Lipinski definition) is 1. The predicted octanol–water partition coefficient (Wildman–Crippen LogP) is 4.14. The van der Waals surface area contributed by atoms with Crippen molar-refractivity contribution in [2.45, 2.75) is 13.8 Å². The number of fused-ring (bicyclic) bond motifs is 1. The molecule has 0 saturated carbocycles. The molecule has 22 heavy (non-hydrogen) atoms. The number of nitrogens with zero attached hydrogens (tertiary/aromatic N) is 3. The van der Waals surface area contributed by atoms with Crippen molar-refractivity contribution in [2.24, 2.45) is 0 Å². The first-order chi connectivity index (χ1) is 10.5. The molecule has 0 aliphatic heterocycles. The molecule has 0 spiro atoms. The fourth-order valence-corrected chi connectivity index (χ4v) is 2.86. The lowest BCUT2D eigenvalue weighted by Crippen LogP contribution is -2.30. The maximum Gasteiger partial charge on any atom is 0.177 e. The van der Waals surface area contributed by atoms with Crippen LogP contribution in [0.4, 0.5) is 11.4 Å². The van der Waals surface area contributed by atoms with Gasteiger partial charge in [-0.3, -0.25) is 0 Å². The van der Waals surface area contributed by atoms with Crippen LogP contribution in [0.5, 0.6) is 0 Å². The smallest absolute Gasteiger partial charge is 0.177 e. The van der Waals surface area contributed by atoms with Gasteiger partial charge in [0.2, 0.25) is 0 Å². The maximum atomic E-state index is 5.50. The second-order valence-corrected chi connectivity index (χ2v) is 6.14. The molecule has 1 N–H and O–H groups in total. The Morgan fingerprint density at radius 2 is 1.82 bits per heavy atom. The molecule has 6 heteroatoms. The van der Waals surface area contributed by atoms with Gasteiger partial charge in [0.1, 0.15) is 11.0 Å². The molecular weight excluding hydrogens is 312 g/mol. The minimum Gasteiger partial charge on any atom is -0.332 e. The molecule has 0 saturated heterocycles. The topological polar surface area (TPSA) is 41.0 Å². The van der Waals surface area contributed by atoms with E-state index in [0.29, 0.717) is 5.11 Å². The summed E-state index contributed by atoms with van der Waals surface area (Å²) >= 11 is 6.72. The second kappa shape index (κ2) is 5.98. The van der Waals surface area contributed by atoms with Gasteiger partial charge in [0.25, 0.3) is 0 Å². The quantitative estimate of drug-likeness (QED) is 0.716. The van der Waals surface area contributed by atoms with Crippen molar-refractivity contribution in [3.8, 4) is 0 Å². The molecule has 1 heterocycles. The third-order valence-electron chi connectivity index (χ3n) is 3.69. The summed E-state index contributed by atoms with van der Waals surface area (Å²) in [6.45, 7) is 4.21. The normalized spacial score (nSPS) is 10.7. The van der Waals surface area contributed by atoms with E-state index in [2.05, 4.69) is 46.1 Å². The van der Waals surface area contributed by atoms with Gasteiger partial charge in [-0.25, -0.2) is 0 Å². The second-order valence-electron chi connectivity index (χ2n) is 5.23. The summed E-state index contributed by atoms with van der Waals surface area (Å²) in [7, 11) is 1.96. The Kier molecular flexibility index (Phi) is 4.04. The minimum atomic E-state index is 0.644. The van der Waals surface area contributed by atoms with Crippen LogP contribution in [0, 0.1) is 13.8 Å². The lowest BCUT2D eigenvalue weighted by atomic mass is 10.1. The summed E-state index contributed by atoms with van der Waals surface area (Å²) in [5, 5.41) is 3.89. The number of hydrogen-bond acceptors (Lipinski definition) is 4. The molecule has 0 bridgehead atoms. The fourth-order valence-electron chi connectivity index (χ4n) is 2.12. The van der Waals surface area contributed by atoms with E-state index in [1.54, 1.807) is 0 Å². The van der Waals surface area contributed by atoms with E-state index >= 15 is 0 Å². The number of thiocarbonyl (C=S) groups is 1. The van der Waals surface area contributed by atoms with Gasteiger partial charge in [0.15, 0.2) is 5.11 Å². The Morgan fingerprint density at radius 1 is 1.05 bits per heavy atom. The van der Waals surface area contributed by atoms with Crippen LogP contribution in [0.15, 0.2) is 36.4 Å². The van der Waals surface area contributed by atoms with Crippen molar-refractivity contribution < 1.29 is 0 Å². The molecule has 0 unspecified atom stereocenters. The van der Waals surface area contributed by atoms with Crippen LogP contribution in [-0.4, -0.2) is 20.9 Å². The monoisotopic (exact) mass is 328 g/mol. The van der Waals surface area contributed by atoms with Gasteiger partial charge in [-0.15, -0.1) is 0 Å². The van der Waals surface area contributed by atoms with Gasteiger partial charge in [-0.05, 0) is 67.5 Å². The van der Waals surface area contributed by atoms with Gasteiger partial charge in [-0.2, -0.15) is 8.75 Å². The molecule has 0 fully saturated rings. The zero-order chi connectivity index (χ0) is 15.7. The standard InChI is InChI=1S/C16H16N4S2/c1-10-4-6-13(8-11(10)2)20(3)16(21)17-12-5-7-14-15(9-12)19-22-18-14/h4-9H,1-3H3,(H,17,21). The SMILES string of the molecule is Cc1ccc(N(C)C(=S)Nc2ccc3nsnc3c2)cc1C. The Bertz CT molecular complexity index is 841. The number of nitrogens with one attached hydrogen (secondary N) is 1. The molecule has 3 rings (SSSR count). The summed E-state index contributed by atoms with van der Waals surface area (Å²) in [4.78, 5) is 1.96. The van der Waals surface area contributed by atoms with Crippen LogP contribution in [0.2, 0.25) is 0 Å². The van der Waals surface area contributed by atoms with E-state index in [4.69, 9.17) is 12.2 Å². The van der Waals surface area contributed by atoms with Gasteiger partial charge >= 0.3 is 0 Å². The van der Waals surface area contributed by atoms with Gasteiger partial charge < -0.3 is 10.2 Å². The maximum absolute atomic E-state index is 5.50. The first-order valence-corrected chi connectivity index (χ1v) is 8.03. The highest BCUT2D eigenvalue weighted by Gasteiger charge is 2.09. The zero-order valence-electron chi connectivity index (χ0n) is 12.6. The van der Waals surface area contributed by atoms with Crippen LogP contribution in [0.25, 0.3) is 11.0 Å². The minimum absolute atomic E-state index is 0.644. The van der Waals surface area contributed by atoms with Crippen molar-refractivity contribution in [1.29, 1.82) is 0 Å². The molecule has 4 nitrogen and oxygen atoms in total. The molecule has 2 aromatic carbocycles. The van der Waals surface area contributed by atoms with E-state index in [9.17, 15) is 0 Å². The third-order valence-corrected chi connectivity index (χ3v) is 4.62. The van der Waals surface area contributed by atoms with Crippen LogP contribution in [-0.2, 0) is 0 Å². The lowest BCUT2D eigenvalue weighted by molar-refractivity contribution is 1.24. The Labute approximate surface area is 139 Å². The van der Waals surface area contributed by atoms with E-state index in [-0.39, 0.29) is 0 Å². The van der Waals surface area contributed by atoms with Crippen molar-refractivity contribution in [3.05, 3.63) is 47.5 Å². The molecule has 0 aliphatic carbocycles. The predicted molar refractivity (Wildman–Crippen MR) is 98.0 cm³/mol. The average Bonchev–Trinajstić information content (AvgIpc) is 2.97. The summed E-state index contributed by atoms with van der Waals surface area (Å²) in [6, 6.07) is 12.2. The Balaban J connectivity index is 1.79. The number of aryl methyl sites for hydroxylation is 2. The van der Waals surface area contributed by atoms with Gasteiger partial charge in [0, 0.05) is 18.4 Å². The number of anilines is 2. The third kappa shape index (κ3) is 2.93. The summed E-state index contributed by atoms with van der Waals surface area (Å²) in [5.41, 5.74) is 6.30. The first kappa shape index (κ1) is 14.9. The molecule has 0 atom stereocenters. The summed E-state index contributed by atoms with van der Waals surface area (Å²) < 4.78 is 8.44. The summed E-state index contributed by atoms with van der Waals surface area (Å²) in [5.74, 6) is 0. The van der Waals surface area contributed by atoms with Crippen LogP contribution >= 0.6 is 23.9 Å². The highest BCUT2D eigenvalue weighted by Crippen LogP contribution is 2.20. The molecule has 3 aromatic rings. The number of benzene rings is 2. The molecule has 0 amide bonds.